The lowest BCUT2D eigenvalue weighted by molar-refractivity contribution is -0.159. The van der Waals surface area contributed by atoms with E-state index in [4.69, 9.17) is 18.9 Å². The number of rotatable bonds is 8. The van der Waals surface area contributed by atoms with Crippen LogP contribution in [0.2, 0.25) is 0 Å². The molecular weight excluding hydrogens is 834 g/mol. The quantitative estimate of drug-likeness (QED) is 0.210. The van der Waals surface area contributed by atoms with Crippen molar-refractivity contribution in [1.29, 1.82) is 0 Å². The van der Waals surface area contributed by atoms with Gasteiger partial charge in [-0.25, -0.2) is 34.3 Å². The Morgan fingerprint density at radius 3 is 1.10 bits per heavy atom. The first-order valence-corrected chi connectivity index (χ1v) is 18.7. The standard InChI is InChI=1S/C39H46F10N8O4/c1-33(2,3)17-21(58-13-37(41,42)43)29-50-25(17)52-30-23(60-15-39(47,48)49)19(35(7,8)9)27(54-30)56-32-24(61-16-40)20(36(10,11)12)28(57-32)55-31-22(59-14-38(44,45)46)18(34(4,5)6)26(51-29)53-31/h13-16H2,1-12H3,(H2,50,51,52,53,54,55,56,57). The number of nitrogens with one attached hydrogen (secondary N) is 2. The molecular formula is C39H46F10N8O4. The van der Waals surface area contributed by atoms with Crippen LogP contribution in [0.15, 0.2) is 0 Å². The largest absolute Gasteiger partial charge is 0.480 e. The summed E-state index contributed by atoms with van der Waals surface area (Å²) in [5.74, 6) is -3.48. The second kappa shape index (κ2) is 15.6. The third-order valence-electron chi connectivity index (χ3n) is 8.77. The Kier molecular flexibility index (Phi) is 12.0. The zero-order chi connectivity index (χ0) is 46.1. The van der Waals surface area contributed by atoms with Crippen LogP contribution in [0.4, 0.5) is 43.9 Å². The molecule has 0 aromatic carbocycles. The van der Waals surface area contributed by atoms with Crippen LogP contribution >= 0.6 is 0 Å². The lowest BCUT2D eigenvalue weighted by atomic mass is 9.85. The molecule has 3 aromatic heterocycles. The highest BCUT2D eigenvalue weighted by Crippen LogP contribution is 2.47. The average Bonchev–Trinajstić information content (AvgIpc) is 3.77. The first kappa shape index (κ1) is 46.9. The van der Waals surface area contributed by atoms with Crippen LogP contribution in [0.25, 0.3) is 45.3 Å². The van der Waals surface area contributed by atoms with Crippen molar-refractivity contribution in [3.8, 4) is 11.5 Å². The summed E-state index contributed by atoms with van der Waals surface area (Å²) in [4.78, 5) is 33.0. The molecule has 0 aliphatic carbocycles. The highest BCUT2D eigenvalue weighted by atomic mass is 19.4. The number of ether oxygens (including phenoxy) is 4. The van der Waals surface area contributed by atoms with Crippen molar-refractivity contribution in [3.05, 3.63) is 34.4 Å². The zero-order valence-electron chi connectivity index (χ0n) is 35.4. The van der Waals surface area contributed by atoms with E-state index in [1.165, 1.54) is 0 Å². The van der Waals surface area contributed by atoms with Gasteiger partial charge in [0.15, 0.2) is 77.4 Å². The fourth-order valence-corrected chi connectivity index (χ4v) is 6.63. The summed E-state index contributed by atoms with van der Waals surface area (Å²) >= 11 is 0. The molecule has 0 atom stereocenters. The molecule has 0 fully saturated rings. The zero-order valence-corrected chi connectivity index (χ0v) is 35.4. The van der Waals surface area contributed by atoms with Crippen molar-refractivity contribution in [2.45, 2.75) is 112 Å². The molecule has 8 bridgehead atoms. The molecule has 22 heteroatoms. The first-order chi connectivity index (χ1) is 27.6. The monoisotopic (exact) mass is 880 g/mol. The summed E-state index contributed by atoms with van der Waals surface area (Å²) in [5.41, 5.74) is -5.32. The number of aromatic amines is 2. The highest BCUT2D eigenvalue weighted by Gasteiger charge is 2.41. The molecule has 336 valence electrons. The highest BCUT2D eigenvalue weighted by molar-refractivity contribution is 5.92. The number of hydrogen-bond acceptors (Lipinski definition) is 10. The van der Waals surface area contributed by atoms with Gasteiger partial charge < -0.3 is 28.9 Å². The molecule has 0 spiro atoms. The van der Waals surface area contributed by atoms with Gasteiger partial charge >= 0.3 is 18.5 Å². The molecule has 0 saturated carbocycles. The van der Waals surface area contributed by atoms with Crippen molar-refractivity contribution >= 4 is 45.3 Å². The normalized spacial score (nSPS) is 14.9. The van der Waals surface area contributed by atoms with Gasteiger partial charge in [0.2, 0.25) is 6.86 Å². The van der Waals surface area contributed by atoms with E-state index < -0.39 is 101 Å². The van der Waals surface area contributed by atoms with E-state index >= 15 is 0 Å². The maximum atomic E-state index is 14.2. The van der Waals surface area contributed by atoms with E-state index in [9.17, 15) is 43.9 Å². The molecule has 2 aliphatic rings. The van der Waals surface area contributed by atoms with E-state index in [1.54, 1.807) is 83.1 Å². The number of allylic oxidation sites excluding steroid dienone is 2. The van der Waals surface area contributed by atoms with Gasteiger partial charge in [0.1, 0.15) is 11.3 Å². The summed E-state index contributed by atoms with van der Waals surface area (Å²) in [7, 11) is 0. The molecule has 61 heavy (non-hydrogen) atoms. The van der Waals surface area contributed by atoms with Gasteiger partial charge in [-0.05, 0) is 21.7 Å². The Labute approximate surface area is 343 Å². The summed E-state index contributed by atoms with van der Waals surface area (Å²) in [6.07, 6.45) is -14.6. The van der Waals surface area contributed by atoms with Gasteiger partial charge in [-0.3, -0.25) is 0 Å². The molecule has 2 aliphatic heterocycles. The Morgan fingerprint density at radius 1 is 0.393 bits per heavy atom. The predicted octanol–water partition coefficient (Wildman–Crippen LogP) is 10.7. The van der Waals surface area contributed by atoms with E-state index in [1.807, 2.05) is 0 Å². The third-order valence-corrected chi connectivity index (χ3v) is 8.77. The number of H-pyrrole nitrogens is 2. The second-order valence-electron chi connectivity index (χ2n) is 18.4. The maximum absolute atomic E-state index is 14.2. The lowest BCUT2D eigenvalue weighted by Gasteiger charge is -2.22. The minimum Gasteiger partial charge on any atom is -0.480 e. The smallest absolute Gasteiger partial charge is 0.422 e. The number of aromatic nitrogens is 8. The number of hydrogen-bond donors (Lipinski definition) is 2. The molecule has 0 saturated heterocycles. The van der Waals surface area contributed by atoms with E-state index in [0.717, 1.165) is 0 Å². The number of alkyl halides is 10. The fourth-order valence-electron chi connectivity index (χ4n) is 6.63. The Bertz CT molecular complexity index is 2400. The Morgan fingerprint density at radius 2 is 0.721 bits per heavy atom. The molecule has 5 rings (SSSR count). The fraction of sp³-hybridized carbons (Fsp3) is 0.590. The summed E-state index contributed by atoms with van der Waals surface area (Å²) in [5, 5.41) is 0. The topological polar surface area (TPSA) is 146 Å². The Hall–Kier alpha value is -5.18. The molecule has 0 unspecified atom stereocenters. The van der Waals surface area contributed by atoms with Crippen LogP contribution in [0.5, 0.6) is 11.5 Å². The third kappa shape index (κ3) is 10.7. The molecule has 2 N–H and O–H groups in total. The summed E-state index contributed by atoms with van der Waals surface area (Å²) in [6.45, 7) is 12.6. The molecule has 0 amide bonds. The van der Waals surface area contributed by atoms with Crippen LogP contribution in [-0.4, -0.2) is 85.1 Å². The van der Waals surface area contributed by atoms with E-state index in [2.05, 4.69) is 39.9 Å². The maximum Gasteiger partial charge on any atom is 0.422 e. The van der Waals surface area contributed by atoms with Gasteiger partial charge in [-0.1, -0.05) is 83.1 Å². The van der Waals surface area contributed by atoms with Crippen molar-refractivity contribution < 1.29 is 62.9 Å². The van der Waals surface area contributed by atoms with Gasteiger partial charge in [0, 0.05) is 22.3 Å². The molecule has 0 radical (unpaired) electrons. The van der Waals surface area contributed by atoms with Gasteiger partial charge in [-0.15, -0.1) is 0 Å². The minimum atomic E-state index is -4.89. The minimum absolute atomic E-state index is 0.0262. The van der Waals surface area contributed by atoms with Gasteiger partial charge in [0.05, 0.1) is 0 Å². The lowest BCUT2D eigenvalue weighted by Crippen LogP contribution is -2.21. The number of halogens is 10. The van der Waals surface area contributed by atoms with Crippen molar-refractivity contribution in [3.63, 3.8) is 0 Å². The van der Waals surface area contributed by atoms with Crippen molar-refractivity contribution in [2.75, 3.05) is 26.7 Å². The molecule has 3 aromatic rings. The van der Waals surface area contributed by atoms with Crippen molar-refractivity contribution in [2.24, 2.45) is 10.8 Å². The van der Waals surface area contributed by atoms with Crippen LogP contribution in [0.3, 0.4) is 0 Å². The second-order valence-corrected chi connectivity index (χ2v) is 18.4. The van der Waals surface area contributed by atoms with E-state index in [0.29, 0.717) is 0 Å². The first-order valence-electron chi connectivity index (χ1n) is 18.7. The van der Waals surface area contributed by atoms with Crippen LogP contribution in [0, 0.1) is 10.8 Å². The summed E-state index contributed by atoms with van der Waals surface area (Å²) < 4.78 is 160. The molecule has 12 nitrogen and oxygen atoms in total. The predicted molar refractivity (Wildman–Crippen MR) is 204 cm³/mol. The van der Waals surface area contributed by atoms with Crippen LogP contribution in [0.1, 0.15) is 118 Å². The van der Waals surface area contributed by atoms with Crippen molar-refractivity contribution in [1.82, 2.24) is 39.9 Å². The SMILES string of the molecule is CC(C)(C)C1=C(OCC(F)(F)F)c2nc1nc1nc(nc3[nH]c(nc4[nH]c(n2)c(C(C)(C)C)c4OCF)c(C(C)(C)C)c3OCC(F)(F)F)C(C(C)(C)C)=C1OCC(F)(F)F. The number of fused-ring (bicyclic) bond motifs is 8. The molecule has 5 heterocycles. The Balaban J connectivity index is 2.15. The van der Waals surface area contributed by atoms with Gasteiger partial charge in [0.25, 0.3) is 0 Å². The summed E-state index contributed by atoms with van der Waals surface area (Å²) in [6, 6.07) is 0. The average molecular weight is 881 g/mol. The van der Waals surface area contributed by atoms with Gasteiger partial charge in [-0.2, -0.15) is 39.5 Å². The van der Waals surface area contributed by atoms with E-state index in [-0.39, 0.29) is 56.6 Å². The van der Waals surface area contributed by atoms with Crippen LogP contribution < -0.4 is 9.47 Å². The van der Waals surface area contributed by atoms with Crippen LogP contribution in [-0.2, 0) is 20.3 Å². The number of nitrogens with zero attached hydrogens (tertiary/aromatic N) is 6.